The van der Waals surface area contributed by atoms with Crippen molar-refractivity contribution in [3.8, 4) is 0 Å². The van der Waals surface area contributed by atoms with Gasteiger partial charge in [-0.3, -0.25) is 4.98 Å². The molecule has 0 fully saturated rings. The molecule has 0 aliphatic carbocycles. The number of aromatic nitrogens is 1. The smallest absolute Gasteiger partial charge is 0.309 e. The van der Waals surface area contributed by atoms with Crippen molar-refractivity contribution in [1.29, 1.82) is 0 Å². The highest BCUT2D eigenvalue weighted by Crippen LogP contribution is 2.28. The minimum absolute atomic E-state index is 0.528. The van der Waals surface area contributed by atoms with Crippen molar-refractivity contribution in [2.75, 3.05) is 0 Å². The Morgan fingerprint density at radius 2 is 1.37 bits per heavy atom. The summed E-state index contributed by atoms with van der Waals surface area (Å²) in [6.45, 7) is 1.18. The van der Waals surface area contributed by atoms with E-state index in [-0.39, 0.29) is 0 Å². The van der Waals surface area contributed by atoms with Crippen LogP contribution in [0.5, 0.6) is 0 Å². The fraction of sp³-hybridized carbons (Fsp3) is 0.214. The number of nitrogens with one attached hydrogen (secondary N) is 1. The summed E-state index contributed by atoms with van der Waals surface area (Å²) in [7, 11) is 0. The van der Waals surface area contributed by atoms with Gasteiger partial charge in [0.2, 0.25) is 0 Å². The van der Waals surface area contributed by atoms with E-state index in [1.165, 1.54) is 12.1 Å². The Morgan fingerprint density at radius 1 is 0.842 bits per heavy atom. The topological polar surface area (TPSA) is 24.9 Å². The third-order valence-electron chi connectivity index (χ3n) is 2.69. The Bertz CT molecular complexity index is 506. The first-order valence-corrected chi connectivity index (χ1v) is 5.81. The summed E-state index contributed by atoms with van der Waals surface area (Å²) in [4.78, 5) is 3.91. The van der Waals surface area contributed by atoms with Crippen molar-refractivity contribution >= 4 is 0 Å². The van der Waals surface area contributed by atoms with E-state index in [0.717, 1.165) is 23.3 Å². The monoisotopic (exact) mass is 266 g/mol. The second-order valence-corrected chi connectivity index (χ2v) is 4.15. The fourth-order valence-corrected chi connectivity index (χ4v) is 1.66. The number of benzene rings is 1. The van der Waals surface area contributed by atoms with Crippen LogP contribution in [0.15, 0.2) is 48.8 Å². The molecular weight excluding hydrogens is 253 g/mol. The van der Waals surface area contributed by atoms with Gasteiger partial charge in [0.1, 0.15) is 0 Å². The second-order valence-electron chi connectivity index (χ2n) is 4.15. The van der Waals surface area contributed by atoms with Crippen molar-refractivity contribution in [1.82, 2.24) is 10.3 Å². The fourth-order valence-electron chi connectivity index (χ4n) is 1.66. The van der Waals surface area contributed by atoms with E-state index in [1.807, 2.05) is 12.1 Å². The first-order valence-electron chi connectivity index (χ1n) is 5.81. The van der Waals surface area contributed by atoms with Gasteiger partial charge in [-0.2, -0.15) is 13.2 Å². The second kappa shape index (κ2) is 5.84. The summed E-state index contributed by atoms with van der Waals surface area (Å²) in [5.74, 6) is 0. The van der Waals surface area contributed by atoms with E-state index in [0.29, 0.717) is 13.1 Å². The molecule has 1 aromatic carbocycles. The van der Waals surface area contributed by atoms with Gasteiger partial charge in [0.05, 0.1) is 5.56 Å². The largest absolute Gasteiger partial charge is 0.416 e. The Balaban J connectivity index is 1.87. The number of alkyl halides is 3. The van der Waals surface area contributed by atoms with Crippen LogP contribution in [0.25, 0.3) is 0 Å². The normalized spacial score (nSPS) is 11.5. The lowest BCUT2D eigenvalue weighted by Gasteiger charge is -2.08. The molecule has 1 aromatic heterocycles. The number of nitrogens with zero attached hydrogens (tertiary/aromatic N) is 1. The lowest BCUT2D eigenvalue weighted by molar-refractivity contribution is -0.137. The highest BCUT2D eigenvalue weighted by molar-refractivity contribution is 5.24. The molecule has 0 radical (unpaired) electrons. The first kappa shape index (κ1) is 13.5. The van der Waals surface area contributed by atoms with E-state index in [2.05, 4.69) is 10.3 Å². The molecule has 0 amide bonds. The molecular formula is C14H13F3N2. The minimum atomic E-state index is -4.27. The molecule has 5 heteroatoms. The molecule has 2 rings (SSSR count). The number of rotatable bonds is 4. The molecule has 0 spiro atoms. The van der Waals surface area contributed by atoms with Crippen molar-refractivity contribution in [3.63, 3.8) is 0 Å². The molecule has 100 valence electrons. The molecule has 19 heavy (non-hydrogen) atoms. The minimum Gasteiger partial charge on any atom is -0.309 e. The Hall–Kier alpha value is -1.88. The average molecular weight is 266 g/mol. The van der Waals surface area contributed by atoms with Crippen LogP contribution in [-0.4, -0.2) is 4.98 Å². The summed E-state index contributed by atoms with van der Waals surface area (Å²) in [5, 5.41) is 3.17. The van der Waals surface area contributed by atoms with Gasteiger partial charge in [-0.05, 0) is 35.4 Å². The van der Waals surface area contributed by atoms with Crippen molar-refractivity contribution in [2.45, 2.75) is 19.3 Å². The summed E-state index contributed by atoms with van der Waals surface area (Å²) in [6.07, 6.45) is -0.868. The SMILES string of the molecule is FC(F)(F)c1ccc(CNCc2ccncc2)cc1. The summed E-state index contributed by atoms with van der Waals surface area (Å²) >= 11 is 0. The van der Waals surface area contributed by atoms with E-state index < -0.39 is 11.7 Å². The molecule has 0 saturated heterocycles. The van der Waals surface area contributed by atoms with Gasteiger partial charge in [0.15, 0.2) is 0 Å². The zero-order valence-electron chi connectivity index (χ0n) is 10.1. The van der Waals surface area contributed by atoms with Crippen molar-refractivity contribution in [3.05, 3.63) is 65.5 Å². The molecule has 2 aromatic rings. The molecule has 0 aliphatic heterocycles. The number of halogens is 3. The maximum absolute atomic E-state index is 12.4. The quantitative estimate of drug-likeness (QED) is 0.917. The maximum atomic E-state index is 12.4. The molecule has 0 saturated carbocycles. The summed E-state index contributed by atoms with van der Waals surface area (Å²) < 4.78 is 37.1. The van der Waals surface area contributed by atoms with E-state index in [4.69, 9.17) is 0 Å². The lowest BCUT2D eigenvalue weighted by Crippen LogP contribution is -2.13. The van der Waals surface area contributed by atoms with Crippen LogP contribution >= 0.6 is 0 Å². The summed E-state index contributed by atoms with van der Waals surface area (Å²) in [5.41, 5.74) is 1.29. The number of hydrogen-bond acceptors (Lipinski definition) is 2. The van der Waals surface area contributed by atoms with Gasteiger partial charge in [-0.1, -0.05) is 12.1 Å². The van der Waals surface area contributed by atoms with E-state index in [9.17, 15) is 13.2 Å². The Morgan fingerprint density at radius 3 is 1.89 bits per heavy atom. The standard InChI is InChI=1S/C14H13F3N2/c15-14(16,17)13-3-1-11(2-4-13)9-19-10-12-5-7-18-8-6-12/h1-8,19H,9-10H2. The predicted molar refractivity (Wildman–Crippen MR) is 66.2 cm³/mol. The lowest BCUT2D eigenvalue weighted by atomic mass is 10.1. The third-order valence-corrected chi connectivity index (χ3v) is 2.69. The Kier molecular flexibility index (Phi) is 4.16. The highest BCUT2D eigenvalue weighted by Gasteiger charge is 2.29. The zero-order chi connectivity index (χ0) is 13.7. The predicted octanol–water partition coefficient (Wildman–Crippen LogP) is 3.39. The molecule has 0 bridgehead atoms. The van der Waals surface area contributed by atoms with Crippen LogP contribution in [0.2, 0.25) is 0 Å². The molecule has 1 heterocycles. The molecule has 2 nitrogen and oxygen atoms in total. The van der Waals surface area contributed by atoms with Crippen LogP contribution in [0.1, 0.15) is 16.7 Å². The number of pyridine rings is 1. The van der Waals surface area contributed by atoms with Crippen molar-refractivity contribution < 1.29 is 13.2 Å². The van der Waals surface area contributed by atoms with Gasteiger partial charge >= 0.3 is 6.18 Å². The van der Waals surface area contributed by atoms with E-state index >= 15 is 0 Å². The van der Waals surface area contributed by atoms with Crippen molar-refractivity contribution in [2.24, 2.45) is 0 Å². The van der Waals surface area contributed by atoms with Gasteiger partial charge in [-0.15, -0.1) is 0 Å². The van der Waals surface area contributed by atoms with Crippen LogP contribution < -0.4 is 5.32 Å². The van der Waals surface area contributed by atoms with Crippen LogP contribution in [0, 0.1) is 0 Å². The number of hydrogen-bond donors (Lipinski definition) is 1. The zero-order valence-corrected chi connectivity index (χ0v) is 10.1. The van der Waals surface area contributed by atoms with Gasteiger partial charge in [0.25, 0.3) is 0 Å². The maximum Gasteiger partial charge on any atom is 0.416 e. The average Bonchev–Trinajstić information content (AvgIpc) is 2.39. The molecule has 0 atom stereocenters. The highest BCUT2D eigenvalue weighted by atomic mass is 19.4. The first-order chi connectivity index (χ1) is 9.05. The van der Waals surface area contributed by atoms with Gasteiger partial charge < -0.3 is 5.32 Å². The van der Waals surface area contributed by atoms with Crippen LogP contribution in [0.3, 0.4) is 0 Å². The molecule has 0 unspecified atom stereocenters. The van der Waals surface area contributed by atoms with Gasteiger partial charge in [0, 0.05) is 25.5 Å². The molecule has 0 aliphatic rings. The van der Waals surface area contributed by atoms with Gasteiger partial charge in [-0.25, -0.2) is 0 Å². The third kappa shape index (κ3) is 4.06. The van der Waals surface area contributed by atoms with E-state index in [1.54, 1.807) is 12.4 Å². The van der Waals surface area contributed by atoms with Crippen LogP contribution in [-0.2, 0) is 19.3 Å². The summed E-state index contributed by atoms with van der Waals surface area (Å²) in [6, 6.07) is 8.96. The van der Waals surface area contributed by atoms with Crippen LogP contribution in [0.4, 0.5) is 13.2 Å². The molecule has 1 N–H and O–H groups in total. The Labute approximate surface area is 109 Å².